The van der Waals surface area contributed by atoms with Crippen molar-refractivity contribution in [3.8, 4) is 0 Å². The first-order valence-corrected chi connectivity index (χ1v) is 9.52. The van der Waals surface area contributed by atoms with Crippen molar-refractivity contribution in [2.24, 2.45) is 17.6 Å². The van der Waals surface area contributed by atoms with E-state index in [9.17, 15) is 9.59 Å². The number of benzene rings is 1. The second-order valence-corrected chi connectivity index (χ2v) is 7.48. The fourth-order valence-electron chi connectivity index (χ4n) is 3.12. The normalized spacial score (nSPS) is 17.4. The zero-order chi connectivity index (χ0) is 18.9. The van der Waals surface area contributed by atoms with Crippen LogP contribution in [0.4, 0.5) is 0 Å². The maximum atomic E-state index is 11.9. The summed E-state index contributed by atoms with van der Waals surface area (Å²) < 4.78 is 0. The summed E-state index contributed by atoms with van der Waals surface area (Å²) in [6, 6.07) is 9.93. The van der Waals surface area contributed by atoms with Crippen LogP contribution in [0, 0.1) is 11.8 Å². The van der Waals surface area contributed by atoms with Gasteiger partial charge in [-0.1, -0.05) is 44.2 Å². The molecular weight excluding hydrogens is 399 g/mol. The number of likely N-dealkylation sites (tertiary alicyclic amines) is 1. The van der Waals surface area contributed by atoms with Gasteiger partial charge in [-0.05, 0) is 36.8 Å². The van der Waals surface area contributed by atoms with E-state index in [1.165, 1.54) is 5.56 Å². The molecule has 1 fully saturated rings. The van der Waals surface area contributed by atoms with Crippen LogP contribution >= 0.6 is 24.8 Å². The van der Waals surface area contributed by atoms with E-state index in [-0.39, 0.29) is 49.1 Å². The van der Waals surface area contributed by atoms with Gasteiger partial charge in [0.05, 0.1) is 12.6 Å². The molecule has 2 amide bonds. The van der Waals surface area contributed by atoms with Crippen molar-refractivity contribution in [1.29, 1.82) is 0 Å². The van der Waals surface area contributed by atoms with Crippen molar-refractivity contribution in [2.45, 2.75) is 32.7 Å². The van der Waals surface area contributed by atoms with Crippen molar-refractivity contribution in [3.63, 3.8) is 0 Å². The number of nitrogens with zero attached hydrogens (tertiary/aromatic N) is 1. The molecule has 4 N–H and O–H groups in total. The number of hydrogen-bond donors (Lipinski definition) is 3. The zero-order valence-corrected chi connectivity index (χ0v) is 18.4. The number of nitrogens with one attached hydrogen (secondary N) is 2. The molecule has 0 aliphatic carbocycles. The van der Waals surface area contributed by atoms with Crippen molar-refractivity contribution in [2.75, 3.05) is 32.7 Å². The Kier molecular flexibility index (Phi) is 13.1. The van der Waals surface area contributed by atoms with Gasteiger partial charge in [-0.25, -0.2) is 0 Å². The van der Waals surface area contributed by atoms with Crippen LogP contribution in [0.3, 0.4) is 0 Å². The van der Waals surface area contributed by atoms with Gasteiger partial charge in [-0.3, -0.25) is 9.59 Å². The minimum absolute atomic E-state index is 0. The van der Waals surface area contributed by atoms with Gasteiger partial charge in [0.25, 0.3) is 0 Å². The van der Waals surface area contributed by atoms with Gasteiger partial charge in [0, 0.05) is 19.6 Å². The Hall–Kier alpha value is -1.34. The molecule has 1 aliphatic rings. The van der Waals surface area contributed by atoms with Gasteiger partial charge < -0.3 is 21.3 Å². The lowest BCUT2D eigenvalue weighted by Crippen LogP contribution is -2.47. The van der Waals surface area contributed by atoms with Crippen LogP contribution in [0.25, 0.3) is 0 Å². The Morgan fingerprint density at radius 3 is 2.50 bits per heavy atom. The molecular formula is C20H34Cl2N4O2. The van der Waals surface area contributed by atoms with E-state index >= 15 is 0 Å². The molecule has 1 unspecified atom stereocenters. The molecule has 2 atom stereocenters. The highest BCUT2D eigenvalue weighted by atomic mass is 35.5. The van der Waals surface area contributed by atoms with E-state index in [1.807, 2.05) is 19.9 Å². The molecule has 0 saturated carbocycles. The fraction of sp³-hybridized carbons (Fsp3) is 0.600. The second-order valence-electron chi connectivity index (χ2n) is 7.48. The first-order valence-electron chi connectivity index (χ1n) is 9.52. The lowest BCUT2D eigenvalue weighted by atomic mass is 10.1. The van der Waals surface area contributed by atoms with Crippen LogP contribution in [0.2, 0.25) is 0 Å². The summed E-state index contributed by atoms with van der Waals surface area (Å²) in [5, 5.41) is 5.52. The summed E-state index contributed by atoms with van der Waals surface area (Å²) in [7, 11) is 0. The smallest absolute Gasteiger partial charge is 0.239 e. The standard InChI is InChI=1S/C20H32N4O2.2ClH/c1-15(2)19(21)20(26)23-13-18(25)22-12-17-9-11-24(14-17)10-8-16-6-4-3-5-7-16;;/h3-7,15,17,19H,8-14,21H2,1-2H3,(H,22,25)(H,23,26);2*1H/t17?,19-;;/m0../s1. The molecule has 1 heterocycles. The number of rotatable bonds is 9. The highest BCUT2D eigenvalue weighted by molar-refractivity contribution is 5.87. The predicted molar refractivity (Wildman–Crippen MR) is 118 cm³/mol. The molecule has 160 valence electrons. The number of hydrogen-bond acceptors (Lipinski definition) is 4. The van der Waals surface area contributed by atoms with Gasteiger partial charge in [-0.15, -0.1) is 24.8 Å². The maximum Gasteiger partial charge on any atom is 0.239 e. The number of halogens is 2. The Labute approximate surface area is 180 Å². The molecule has 1 aromatic carbocycles. The molecule has 1 aliphatic heterocycles. The number of carbonyl (C=O) groups excluding carboxylic acids is 2. The summed E-state index contributed by atoms with van der Waals surface area (Å²) in [6.45, 7) is 7.56. The Bertz CT molecular complexity index is 587. The maximum absolute atomic E-state index is 11.9. The molecule has 1 aromatic rings. The molecule has 0 radical (unpaired) electrons. The lowest BCUT2D eigenvalue weighted by Gasteiger charge is -2.17. The van der Waals surface area contributed by atoms with Crippen LogP contribution < -0.4 is 16.4 Å². The van der Waals surface area contributed by atoms with Gasteiger partial charge in [0.2, 0.25) is 11.8 Å². The van der Waals surface area contributed by atoms with Crippen molar-refractivity contribution in [3.05, 3.63) is 35.9 Å². The van der Waals surface area contributed by atoms with E-state index in [1.54, 1.807) is 0 Å². The van der Waals surface area contributed by atoms with Crippen molar-refractivity contribution >= 4 is 36.6 Å². The molecule has 1 saturated heterocycles. The molecule has 0 spiro atoms. The minimum Gasteiger partial charge on any atom is -0.354 e. The lowest BCUT2D eigenvalue weighted by molar-refractivity contribution is -0.127. The zero-order valence-electron chi connectivity index (χ0n) is 16.7. The van der Waals surface area contributed by atoms with Crippen LogP contribution in [0.15, 0.2) is 30.3 Å². The van der Waals surface area contributed by atoms with Crippen molar-refractivity contribution < 1.29 is 9.59 Å². The Balaban J connectivity index is 0.00000364. The third kappa shape index (κ3) is 9.24. The first-order chi connectivity index (χ1) is 12.5. The SMILES string of the molecule is CC(C)[C@H](N)C(=O)NCC(=O)NCC1CCN(CCc2ccccc2)C1.Cl.Cl. The monoisotopic (exact) mass is 432 g/mol. The topological polar surface area (TPSA) is 87.5 Å². The van der Waals surface area contributed by atoms with E-state index < -0.39 is 6.04 Å². The second kappa shape index (κ2) is 13.8. The average molecular weight is 433 g/mol. The van der Waals surface area contributed by atoms with Gasteiger partial charge in [0.15, 0.2) is 0 Å². The minimum atomic E-state index is -0.573. The van der Waals surface area contributed by atoms with Crippen LogP contribution in [-0.4, -0.2) is 55.5 Å². The summed E-state index contributed by atoms with van der Waals surface area (Å²) >= 11 is 0. The summed E-state index contributed by atoms with van der Waals surface area (Å²) in [4.78, 5) is 26.1. The molecule has 2 rings (SSSR count). The van der Waals surface area contributed by atoms with E-state index in [4.69, 9.17) is 5.73 Å². The highest BCUT2D eigenvalue weighted by Crippen LogP contribution is 2.15. The van der Waals surface area contributed by atoms with Gasteiger partial charge in [-0.2, -0.15) is 0 Å². The van der Waals surface area contributed by atoms with E-state index in [0.29, 0.717) is 12.5 Å². The molecule has 28 heavy (non-hydrogen) atoms. The van der Waals surface area contributed by atoms with Crippen LogP contribution in [-0.2, 0) is 16.0 Å². The highest BCUT2D eigenvalue weighted by Gasteiger charge is 2.23. The third-order valence-electron chi connectivity index (χ3n) is 4.96. The van der Waals surface area contributed by atoms with Gasteiger partial charge in [0.1, 0.15) is 0 Å². The summed E-state index contributed by atoms with van der Waals surface area (Å²) in [6.07, 6.45) is 2.15. The Morgan fingerprint density at radius 1 is 1.18 bits per heavy atom. The van der Waals surface area contributed by atoms with E-state index in [2.05, 4.69) is 39.8 Å². The number of nitrogens with two attached hydrogens (primary N) is 1. The molecule has 0 bridgehead atoms. The average Bonchev–Trinajstić information content (AvgIpc) is 3.10. The molecule has 8 heteroatoms. The van der Waals surface area contributed by atoms with Crippen molar-refractivity contribution in [1.82, 2.24) is 15.5 Å². The van der Waals surface area contributed by atoms with Gasteiger partial charge >= 0.3 is 0 Å². The molecule has 0 aromatic heterocycles. The summed E-state index contributed by atoms with van der Waals surface area (Å²) in [5.74, 6) is 0.0990. The third-order valence-corrected chi connectivity index (χ3v) is 4.96. The summed E-state index contributed by atoms with van der Waals surface area (Å²) in [5.41, 5.74) is 7.12. The fourth-order valence-corrected chi connectivity index (χ4v) is 3.12. The van der Waals surface area contributed by atoms with E-state index in [0.717, 1.165) is 32.5 Å². The largest absolute Gasteiger partial charge is 0.354 e. The predicted octanol–water partition coefficient (Wildman–Crippen LogP) is 1.61. The quantitative estimate of drug-likeness (QED) is 0.552. The number of carbonyl (C=O) groups is 2. The Morgan fingerprint density at radius 2 is 1.86 bits per heavy atom. The van der Waals surface area contributed by atoms with Crippen LogP contribution in [0.1, 0.15) is 25.8 Å². The molecule has 6 nitrogen and oxygen atoms in total. The first kappa shape index (κ1) is 26.7. The number of amides is 2. The van der Waals surface area contributed by atoms with Crippen LogP contribution in [0.5, 0.6) is 0 Å².